The normalized spacial score (nSPS) is 13.3. The highest BCUT2D eigenvalue weighted by molar-refractivity contribution is 7.80. The molecule has 0 spiro atoms. The smallest absolute Gasteiger partial charge is 0.323 e. The van der Waals surface area contributed by atoms with Crippen LogP contribution in [0.5, 0.6) is 0 Å². The first-order valence-electron chi connectivity index (χ1n) is 6.66. The van der Waals surface area contributed by atoms with E-state index in [9.17, 15) is 14.4 Å². The highest BCUT2D eigenvalue weighted by Crippen LogP contribution is 1.85. The number of rotatable bonds is 6. The van der Waals surface area contributed by atoms with Crippen LogP contribution in [-0.4, -0.2) is 54.3 Å². The van der Waals surface area contributed by atoms with Crippen LogP contribution in [0.1, 0.15) is 27.2 Å². The molecule has 0 aliphatic heterocycles. The zero-order valence-electron chi connectivity index (χ0n) is 13.6. The van der Waals surface area contributed by atoms with Gasteiger partial charge in [-0.25, -0.2) is 0 Å². The fourth-order valence-electron chi connectivity index (χ4n) is 0.642. The van der Waals surface area contributed by atoms with Crippen LogP contribution in [0.15, 0.2) is 0 Å². The summed E-state index contributed by atoms with van der Waals surface area (Å²) in [6, 6.07) is -1.19. The molecule has 0 aliphatic carbocycles. The Bertz CT molecular complexity index is 310. The van der Waals surface area contributed by atoms with Crippen molar-refractivity contribution in [1.82, 2.24) is 0 Å². The van der Waals surface area contributed by atoms with Gasteiger partial charge in [0.1, 0.15) is 17.6 Å². The number of carbonyl (C=O) groups excluding carboxylic acids is 3. The first kappa shape index (κ1) is 26.3. The molecule has 0 fully saturated rings. The fourth-order valence-corrected chi connectivity index (χ4v) is 1.05. The van der Waals surface area contributed by atoms with Crippen LogP contribution in [0.4, 0.5) is 0 Å². The molecule has 3 atom stereocenters. The Kier molecular flexibility index (Phi) is 20.0. The molecule has 6 N–H and O–H groups in total. The van der Waals surface area contributed by atoms with Gasteiger partial charge in [-0.15, -0.1) is 0 Å². The monoisotopic (exact) mass is 355 g/mol. The number of esters is 1. The first-order chi connectivity index (χ1) is 10.1. The second-order valence-corrected chi connectivity index (χ2v) is 5.07. The SMILES string of the molecule is CC(=O)[C@@H](N)CS.CC[C@@H](N)C(C)=O.COC(=O)[C@H](N)CS. The molecule has 0 amide bonds. The molecule has 0 heterocycles. The van der Waals surface area contributed by atoms with Crippen molar-refractivity contribution >= 4 is 42.8 Å². The number of methoxy groups -OCH3 is 1. The van der Waals surface area contributed by atoms with Gasteiger partial charge in [-0.2, -0.15) is 25.3 Å². The number of Topliss-reactive ketones (excluding diaryl/α,β-unsaturated/α-hetero) is 2. The molecule has 0 rings (SSSR count). The van der Waals surface area contributed by atoms with E-state index in [0.717, 1.165) is 6.42 Å². The maximum absolute atomic E-state index is 10.3. The van der Waals surface area contributed by atoms with Crippen LogP contribution < -0.4 is 17.2 Å². The minimum Gasteiger partial charge on any atom is -0.468 e. The van der Waals surface area contributed by atoms with Gasteiger partial charge in [0.2, 0.25) is 0 Å². The maximum Gasteiger partial charge on any atom is 0.323 e. The van der Waals surface area contributed by atoms with Gasteiger partial charge in [0, 0.05) is 11.5 Å². The molecule has 0 aromatic heterocycles. The molecule has 0 saturated carbocycles. The average Bonchev–Trinajstić information content (AvgIpc) is 2.52. The second-order valence-electron chi connectivity index (χ2n) is 4.34. The predicted molar refractivity (Wildman–Crippen MR) is 95.3 cm³/mol. The molecule has 0 aromatic carbocycles. The summed E-state index contributed by atoms with van der Waals surface area (Å²) in [5.41, 5.74) is 15.6. The van der Waals surface area contributed by atoms with Crippen LogP contribution in [-0.2, 0) is 19.1 Å². The molecule has 0 unspecified atom stereocenters. The van der Waals surface area contributed by atoms with Crippen molar-refractivity contribution in [2.24, 2.45) is 17.2 Å². The van der Waals surface area contributed by atoms with Crippen molar-refractivity contribution < 1.29 is 19.1 Å². The summed E-state index contributed by atoms with van der Waals surface area (Å²) in [6.45, 7) is 4.86. The summed E-state index contributed by atoms with van der Waals surface area (Å²) in [5.74, 6) is 0.416. The van der Waals surface area contributed by atoms with Gasteiger partial charge < -0.3 is 21.9 Å². The minimum atomic E-state index is -0.580. The molecule has 0 aliphatic rings. The summed E-state index contributed by atoms with van der Waals surface area (Å²) in [6.07, 6.45) is 0.745. The Morgan fingerprint density at radius 1 is 0.909 bits per heavy atom. The van der Waals surface area contributed by atoms with Gasteiger partial charge in [-0.3, -0.25) is 14.4 Å². The van der Waals surface area contributed by atoms with Gasteiger partial charge >= 0.3 is 5.97 Å². The third-order valence-electron chi connectivity index (χ3n) is 2.38. The summed E-state index contributed by atoms with van der Waals surface area (Å²) >= 11 is 7.59. The third kappa shape index (κ3) is 17.4. The van der Waals surface area contributed by atoms with Gasteiger partial charge in [-0.1, -0.05) is 6.92 Å². The summed E-state index contributed by atoms with van der Waals surface area (Å²) < 4.78 is 4.29. The Labute approximate surface area is 143 Å². The van der Waals surface area contributed by atoms with Gasteiger partial charge in [0.15, 0.2) is 0 Å². The van der Waals surface area contributed by atoms with Crippen molar-refractivity contribution in [1.29, 1.82) is 0 Å². The van der Waals surface area contributed by atoms with Crippen molar-refractivity contribution in [3.05, 3.63) is 0 Å². The number of carbonyl (C=O) groups is 3. The summed E-state index contributed by atoms with van der Waals surface area (Å²) in [7, 11) is 1.30. The standard InChI is InChI=1S/C5H11NO.C4H9NO2S.C4H9NOS/c1-3-5(6)4(2)7;1-7-4(6)3(5)2-8;1-3(6)4(5)2-7/h5H,3,6H2,1-2H3;3,8H,2,5H2,1H3;4,7H,2,5H2,1H3/t5-;3-;4-/m110/s1. The Balaban J connectivity index is -0.000000247. The number of thiol groups is 2. The van der Waals surface area contributed by atoms with Crippen molar-refractivity contribution in [3.63, 3.8) is 0 Å². The molecule has 0 bridgehead atoms. The zero-order valence-corrected chi connectivity index (χ0v) is 15.4. The number of hydrogen-bond donors (Lipinski definition) is 5. The Morgan fingerprint density at radius 3 is 1.32 bits per heavy atom. The van der Waals surface area contributed by atoms with E-state index in [2.05, 4.69) is 30.0 Å². The number of hydrogen-bond acceptors (Lipinski definition) is 9. The van der Waals surface area contributed by atoms with E-state index in [-0.39, 0.29) is 23.7 Å². The van der Waals surface area contributed by atoms with Crippen LogP contribution in [0.25, 0.3) is 0 Å². The van der Waals surface area contributed by atoms with Crippen molar-refractivity contribution in [2.45, 2.75) is 45.3 Å². The molecular formula is C13H29N3O4S2. The van der Waals surface area contributed by atoms with Crippen molar-refractivity contribution in [2.75, 3.05) is 18.6 Å². The number of ether oxygens (including phenoxy) is 1. The molecular weight excluding hydrogens is 326 g/mol. The van der Waals surface area contributed by atoms with Crippen molar-refractivity contribution in [3.8, 4) is 0 Å². The fraction of sp³-hybridized carbons (Fsp3) is 0.769. The van der Waals surface area contributed by atoms with Crippen LogP contribution in [0.2, 0.25) is 0 Å². The highest BCUT2D eigenvalue weighted by Gasteiger charge is 2.09. The van der Waals surface area contributed by atoms with Gasteiger partial charge in [-0.05, 0) is 20.3 Å². The zero-order chi connectivity index (χ0) is 18.3. The number of nitrogens with two attached hydrogens (primary N) is 3. The average molecular weight is 356 g/mol. The van der Waals surface area contributed by atoms with E-state index < -0.39 is 12.0 Å². The molecule has 7 nitrogen and oxygen atoms in total. The lowest BCUT2D eigenvalue weighted by atomic mass is 10.2. The van der Waals surface area contributed by atoms with E-state index in [0.29, 0.717) is 11.5 Å². The van der Waals surface area contributed by atoms with E-state index in [1.807, 2.05) is 6.92 Å². The van der Waals surface area contributed by atoms with E-state index in [4.69, 9.17) is 17.2 Å². The molecule has 0 radical (unpaired) electrons. The second kappa shape index (κ2) is 16.8. The quantitative estimate of drug-likeness (QED) is 0.321. The molecule has 0 aromatic rings. The van der Waals surface area contributed by atoms with Crippen LogP contribution in [0, 0.1) is 0 Å². The molecule has 22 heavy (non-hydrogen) atoms. The van der Waals surface area contributed by atoms with E-state index >= 15 is 0 Å². The van der Waals surface area contributed by atoms with Crippen LogP contribution >= 0.6 is 25.3 Å². The molecule has 9 heteroatoms. The third-order valence-corrected chi connectivity index (χ3v) is 3.17. The molecule has 132 valence electrons. The summed E-state index contributed by atoms with van der Waals surface area (Å²) in [4.78, 5) is 30.8. The minimum absolute atomic E-state index is 0.00463. The Morgan fingerprint density at radius 2 is 1.27 bits per heavy atom. The lowest BCUT2D eigenvalue weighted by Gasteiger charge is -2.02. The van der Waals surface area contributed by atoms with E-state index in [1.54, 1.807) is 0 Å². The lowest BCUT2D eigenvalue weighted by Crippen LogP contribution is -2.32. The van der Waals surface area contributed by atoms with Gasteiger partial charge in [0.05, 0.1) is 19.2 Å². The first-order valence-corrected chi connectivity index (χ1v) is 7.92. The topological polar surface area (TPSA) is 139 Å². The maximum atomic E-state index is 10.3. The van der Waals surface area contributed by atoms with Crippen LogP contribution in [0.3, 0.4) is 0 Å². The summed E-state index contributed by atoms with van der Waals surface area (Å²) in [5, 5.41) is 0. The molecule has 0 saturated heterocycles. The lowest BCUT2D eigenvalue weighted by molar-refractivity contribution is -0.141. The van der Waals surface area contributed by atoms with E-state index in [1.165, 1.54) is 21.0 Å². The Hall–Kier alpha value is -0.610. The van der Waals surface area contributed by atoms with Gasteiger partial charge in [0.25, 0.3) is 0 Å². The largest absolute Gasteiger partial charge is 0.468 e. The predicted octanol–water partition coefficient (Wildman–Crippen LogP) is -0.438. The number of ketones is 2. The highest BCUT2D eigenvalue weighted by atomic mass is 32.1.